The largest absolute Gasteiger partial charge is 0.444 e. The van der Waals surface area contributed by atoms with Gasteiger partial charge in [0.1, 0.15) is 11.4 Å². The zero-order valence-corrected chi connectivity index (χ0v) is 13.4. The minimum Gasteiger partial charge on any atom is -0.444 e. The second kappa shape index (κ2) is 6.33. The number of hydrogen-bond donors (Lipinski definition) is 0. The van der Waals surface area contributed by atoms with Crippen LogP contribution >= 0.6 is 0 Å². The Morgan fingerprint density at radius 1 is 1.43 bits per heavy atom. The maximum absolute atomic E-state index is 12.2. The maximum atomic E-state index is 12.2. The summed E-state index contributed by atoms with van der Waals surface area (Å²) in [4.78, 5) is 20.5. The molecule has 5 nitrogen and oxygen atoms in total. The van der Waals surface area contributed by atoms with Crippen LogP contribution in [-0.4, -0.2) is 47.8 Å². The molecular weight excluding hydrogens is 266 g/mol. The third-order valence-electron chi connectivity index (χ3n) is 3.61. The maximum Gasteiger partial charge on any atom is 0.410 e. The molecule has 1 amide bonds. The predicted octanol–water partition coefficient (Wildman–Crippen LogP) is 2.92. The van der Waals surface area contributed by atoms with Crippen LogP contribution < -0.4 is 4.90 Å². The number of amides is 1. The highest BCUT2D eigenvalue weighted by molar-refractivity contribution is 5.68. The zero-order valence-electron chi connectivity index (χ0n) is 13.4. The number of anilines is 1. The van der Waals surface area contributed by atoms with Gasteiger partial charge in [0.15, 0.2) is 0 Å². The molecule has 1 aromatic rings. The van der Waals surface area contributed by atoms with Gasteiger partial charge in [-0.15, -0.1) is 0 Å². The quantitative estimate of drug-likeness (QED) is 0.840. The number of rotatable bonds is 2. The molecule has 1 fully saturated rings. The number of carbonyl (C=O) groups is 1. The van der Waals surface area contributed by atoms with E-state index in [0.29, 0.717) is 6.54 Å². The highest BCUT2D eigenvalue weighted by Gasteiger charge is 2.29. The molecule has 0 N–H and O–H groups in total. The van der Waals surface area contributed by atoms with Gasteiger partial charge in [-0.2, -0.15) is 0 Å². The summed E-state index contributed by atoms with van der Waals surface area (Å²) in [5, 5.41) is 0. The van der Waals surface area contributed by atoms with Crippen LogP contribution in [0.15, 0.2) is 24.4 Å². The summed E-state index contributed by atoms with van der Waals surface area (Å²) < 4.78 is 5.46. The number of ether oxygens (including phenoxy) is 1. The molecule has 0 bridgehead atoms. The Kier molecular flexibility index (Phi) is 4.70. The number of nitrogens with zero attached hydrogens (tertiary/aromatic N) is 3. The van der Waals surface area contributed by atoms with E-state index >= 15 is 0 Å². The molecule has 1 aromatic heterocycles. The van der Waals surface area contributed by atoms with Crippen LogP contribution in [-0.2, 0) is 4.74 Å². The van der Waals surface area contributed by atoms with Crippen LogP contribution in [0, 0.1) is 0 Å². The smallest absolute Gasteiger partial charge is 0.410 e. The summed E-state index contributed by atoms with van der Waals surface area (Å²) in [6.45, 7) is 7.13. The highest BCUT2D eigenvalue weighted by Crippen LogP contribution is 2.21. The Morgan fingerprint density at radius 3 is 2.81 bits per heavy atom. The van der Waals surface area contributed by atoms with E-state index in [1.54, 1.807) is 11.1 Å². The molecule has 0 aliphatic carbocycles. The third kappa shape index (κ3) is 4.34. The molecule has 1 saturated heterocycles. The number of pyridine rings is 1. The van der Waals surface area contributed by atoms with Gasteiger partial charge in [0.05, 0.1) is 0 Å². The molecule has 1 aliphatic heterocycles. The minimum atomic E-state index is -0.448. The molecule has 0 spiro atoms. The monoisotopic (exact) mass is 291 g/mol. The Morgan fingerprint density at radius 2 is 2.19 bits per heavy atom. The van der Waals surface area contributed by atoms with Crippen LogP contribution in [0.4, 0.5) is 10.6 Å². The third-order valence-corrected chi connectivity index (χ3v) is 3.61. The van der Waals surface area contributed by atoms with Crippen LogP contribution in [0.1, 0.15) is 33.6 Å². The Labute approximate surface area is 126 Å². The van der Waals surface area contributed by atoms with Crippen molar-refractivity contribution >= 4 is 11.9 Å². The number of aromatic nitrogens is 1. The second-order valence-electron chi connectivity index (χ2n) is 6.52. The standard InChI is InChI=1S/C16H25N3O2/c1-16(2,3)21-15(20)19-11-7-8-13(12-19)18(4)14-9-5-6-10-17-14/h5-6,9-10,13H,7-8,11-12H2,1-4H3/t13-/m0/s1. The van der Waals surface area contributed by atoms with Crippen molar-refractivity contribution in [3.8, 4) is 0 Å². The lowest BCUT2D eigenvalue weighted by Gasteiger charge is -2.38. The van der Waals surface area contributed by atoms with Gasteiger partial charge in [-0.1, -0.05) is 6.07 Å². The van der Waals surface area contributed by atoms with Crippen molar-refractivity contribution in [2.45, 2.75) is 45.3 Å². The first-order chi connectivity index (χ1) is 9.87. The van der Waals surface area contributed by atoms with Crippen LogP contribution in [0.3, 0.4) is 0 Å². The average Bonchev–Trinajstić information content (AvgIpc) is 2.46. The van der Waals surface area contributed by atoms with Gasteiger partial charge in [-0.25, -0.2) is 9.78 Å². The molecule has 0 aromatic carbocycles. The molecule has 21 heavy (non-hydrogen) atoms. The van der Waals surface area contributed by atoms with Crippen molar-refractivity contribution in [2.24, 2.45) is 0 Å². The van der Waals surface area contributed by atoms with Crippen molar-refractivity contribution in [3.05, 3.63) is 24.4 Å². The molecule has 0 saturated carbocycles. The van der Waals surface area contributed by atoms with E-state index < -0.39 is 5.60 Å². The molecule has 2 rings (SSSR count). The molecule has 0 unspecified atom stereocenters. The van der Waals surface area contributed by atoms with Crippen molar-refractivity contribution in [1.29, 1.82) is 0 Å². The number of carbonyl (C=O) groups excluding carboxylic acids is 1. The number of likely N-dealkylation sites (N-methyl/N-ethyl adjacent to an activating group) is 1. The lowest BCUT2D eigenvalue weighted by Crippen LogP contribution is -2.50. The number of likely N-dealkylation sites (tertiary alicyclic amines) is 1. The summed E-state index contributed by atoms with van der Waals surface area (Å²) in [6.07, 6.45) is 3.62. The van der Waals surface area contributed by atoms with Gasteiger partial charge in [-0.05, 0) is 45.7 Å². The van der Waals surface area contributed by atoms with Gasteiger partial charge in [0.25, 0.3) is 0 Å². The molecule has 1 aliphatic rings. The van der Waals surface area contributed by atoms with Crippen LogP contribution in [0.5, 0.6) is 0 Å². The van der Waals surface area contributed by atoms with Crippen molar-refractivity contribution in [3.63, 3.8) is 0 Å². The van der Waals surface area contributed by atoms with E-state index in [-0.39, 0.29) is 12.1 Å². The fraction of sp³-hybridized carbons (Fsp3) is 0.625. The van der Waals surface area contributed by atoms with Gasteiger partial charge >= 0.3 is 6.09 Å². The van der Waals surface area contributed by atoms with Crippen LogP contribution in [0.2, 0.25) is 0 Å². The highest BCUT2D eigenvalue weighted by atomic mass is 16.6. The summed E-state index contributed by atoms with van der Waals surface area (Å²) in [7, 11) is 2.03. The molecule has 0 radical (unpaired) electrons. The molecule has 116 valence electrons. The van der Waals surface area contributed by atoms with Gasteiger partial charge in [-0.3, -0.25) is 0 Å². The van der Waals surface area contributed by atoms with Crippen molar-refractivity contribution < 1.29 is 9.53 Å². The average molecular weight is 291 g/mol. The van der Waals surface area contributed by atoms with E-state index in [9.17, 15) is 4.79 Å². The topological polar surface area (TPSA) is 45.7 Å². The normalized spacial score (nSPS) is 19.2. The minimum absolute atomic E-state index is 0.221. The first kappa shape index (κ1) is 15.6. The Balaban J connectivity index is 1.99. The Hall–Kier alpha value is -1.78. The summed E-state index contributed by atoms with van der Waals surface area (Å²) in [5.41, 5.74) is -0.448. The summed E-state index contributed by atoms with van der Waals surface area (Å²) >= 11 is 0. The van der Waals surface area contributed by atoms with E-state index in [4.69, 9.17) is 4.74 Å². The predicted molar refractivity (Wildman–Crippen MR) is 83.5 cm³/mol. The second-order valence-corrected chi connectivity index (χ2v) is 6.52. The SMILES string of the molecule is CN(c1ccccn1)[C@H]1CCCN(C(=O)OC(C)(C)C)C1. The summed E-state index contributed by atoms with van der Waals surface area (Å²) in [5.74, 6) is 0.938. The lowest BCUT2D eigenvalue weighted by molar-refractivity contribution is 0.0199. The number of piperidine rings is 1. The first-order valence-electron chi connectivity index (χ1n) is 7.48. The summed E-state index contributed by atoms with van der Waals surface area (Å²) in [6, 6.07) is 6.16. The number of hydrogen-bond acceptors (Lipinski definition) is 4. The first-order valence-corrected chi connectivity index (χ1v) is 7.48. The fourth-order valence-electron chi connectivity index (χ4n) is 2.51. The fourth-order valence-corrected chi connectivity index (χ4v) is 2.51. The van der Waals surface area contributed by atoms with Crippen LogP contribution in [0.25, 0.3) is 0 Å². The van der Waals surface area contributed by atoms with Gasteiger partial charge in [0.2, 0.25) is 0 Å². The Bertz CT molecular complexity index is 470. The van der Waals surface area contributed by atoms with E-state index in [1.807, 2.05) is 46.0 Å². The van der Waals surface area contributed by atoms with Gasteiger partial charge < -0.3 is 14.5 Å². The molecular formula is C16H25N3O2. The van der Waals surface area contributed by atoms with E-state index in [0.717, 1.165) is 25.2 Å². The van der Waals surface area contributed by atoms with E-state index in [1.165, 1.54) is 0 Å². The van der Waals surface area contributed by atoms with Crippen molar-refractivity contribution in [2.75, 3.05) is 25.0 Å². The molecule has 5 heteroatoms. The lowest BCUT2D eigenvalue weighted by atomic mass is 10.0. The van der Waals surface area contributed by atoms with Gasteiger partial charge in [0, 0.05) is 32.4 Å². The van der Waals surface area contributed by atoms with E-state index in [2.05, 4.69) is 9.88 Å². The molecule has 1 atom stereocenters. The molecule has 2 heterocycles. The van der Waals surface area contributed by atoms with Crippen molar-refractivity contribution in [1.82, 2.24) is 9.88 Å². The zero-order chi connectivity index (χ0) is 15.5.